The summed E-state index contributed by atoms with van der Waals surface area (Å²) in [5.41, 5.74) is 2.19. The van der Waals surface area contributed by atoms with Crippen LogP contribution in [0.15, 0.2) is 60.9 Å². The van der Waals surface area contributed by atoms with Crippen molar-refractivity contribution in [3.8, 4) is 11.4 Å². The minimum absolute atomic E-state index is 0.122. The van der Waals surface area contributed by atoms with Gasteiger partial charge in [-0.05, 0) is 17.7 Å². The van der Waals surface area contributed by atoms with Crippen LogP contribution in [0.1, 0.15) is 11.7 Å². The van der Waals surface area contributed by atoms with Gasteiger partial charge < -0.3 is 15.7 Å². The summed E-state index contributed by atoms with van der Waals surface area (Å²) >= 11 is 0. The Hall–Kier alpha value is -3.19. The molecule has 0 radical (unpaired) electrons. The first-order valence-corrected chi connectivity index (χ1v) is 7.86. The zero-order valence-electron chi connectivity index (χ0n) is 13.8. The molecule has 25 heavy (non-hydrogen) atoms. The van der Waals surface area contributed by atoms with E-state index in [1.54, 1.807) is 30.2 Å². The number of urea groups is 1. The maximum Gasteiger partial charge on any atom is 0.319 e. The lowest BCUT2D eigenvalue weighted by molar-refractivity contribution is 0.175. The van der Waals surface area contributed by atoms with E-state index in [0.29, 0.717) is 11.5 Å². The van der Waals surface area contributed by atoms with Gasteiger partial charge in [0.15, 0.2) is 5.82 Å². The number of rotatable bonds is 5. The van der Waals surface area contributed by atoms with Crippen LogP contribution in [0.2, 0.25) is 0 Å². The fraction of sp³-hybridized carbons (Fsp3) is 0.167. The number of benzene rings is 2. The molecule has 0 fully saturated rings. The number of hydrogen-bond acceptors (Lipinski definition) is 4. The molecule has 1 heterocycles. The normalized spacial score (nSPS) is 11.8. The van der Waals surface area contributed by atoms with E-state index in [9.17, 15) is 9.90 Å². The van der Waals surface area contributed by atoms with E-state index in [0.717, 1.165) is 11.1 Å². The molecule has 3 rings (SSSR count). The minimum atomic E-state index is -0.754. The molecular formula is C18H19N5O2. The first kappa shape index (κ1) is 16.7. The summed E-state index contributed by atoms with van der Waals surface area (Å²) in [7, 11) is 1.80. The van der Waals surface area contributed by atoms with Gasteiger partial charge in [-0.25, -0.2) is 9.78 Å². The Kier molecular flexibility index (Phi) is 5.06. The van der Waals surface area contributed by atoms with Gasteiger partial charge >= 0.3 is 6.03 Å². The van der Waals surface area contributed by atoms with Crippen molar-refractivity contribution < 1.29 is 9.90 Å². The minimum Gasteiger partial charge on any atom is -0.387 e. The average molecular weight is 337 g/mol. The highest BCUT2D eigenvalue weighted by molar-refractivity contribution is 5.89. The van der Waals surface area contributed by atoms with E-state index in [4.69, 9.17) is 0 Å². The fourth-order valence-electron chi connectivity index (χ4n) is 2.37. The lowest BCUT2D eigenvalue weighted by atomic mass is 10.1. The van der Waals surface area contributed by atoms with E-state index >= 15 is 0 Å². The maximum atomic E-state index is 12.0. The highest BCUT2D eigenvalue weighted by atomic mass is 16.3. The van der Waals surface area contributed by atoms with E-state index in [2.05, 4.69) is 20.7 Å². The quantitative estimate of drug-likeness (QED) is 0.666. The molecule has 0 saturated heterocycles. The van der Waals surface area contributed by atoms with Gasteiger partial charge in [-0.3, -0.25) is 4.68 Å². The molecule has 7 nitrogen and oxygen atoms in total. The molecule has 1 atom stereocenters. The standard InChI is InChI=1S/C18H19N5O2/c1-23-12-20-17(22-23)14-8-5-9-15(10-14)21-18(25)19-11-16(24)13-6-3-2-4-7-13/h2-10,12,16,24H,11H2,1H3,(H2,19,21,25)/t16-/m1/s1. The van der Waals surface area contributed by atoms with Crippen LogP contribution >= 0.6 is 0 Å². The van der Waals surface area contributed by atoms with E-state index < -0.39 is 6.10 Å². The smallest absolute Gasteiger partial charge is 0.319 e. The van der Waals surface area contributed by atoms with Gasteiger partial charge in [0.25, 0.3) is 0 Å². The Morgan fingerprint density at radius 2 is 2.00 bits per heavy atom. The lowest BCUT2D eigenvalue weighted by Gasteiger charge is -2.13. The molecule has 3 N–H and O–H groups in total. The van der Waals surface area contributed by atoms with Crippen molar-refractivity contribution in [2.45, 2.75) is 6.10 Å². The van der Waals surface area contributed by atoms with Gasteiger partial charge in [-0.2, -0.15) is 5.10 Å². The molecule has 0 aliphatic heterocycles. The number of carbonyl (C=O) groups excluding carboxylic acids is 1. The monoisotopic (exact) mass is 337 g/mol. The zero-order valence-corrected chi connectivity index (χ0v) is 13.8. The average Bonchev–Trinajstić information content (AvgIpc) is 3.07. The second-order valence-electron chi connectivity index (χ2n) is 5.58. The third-order valence-corrected chi connectivity index (χ3v) is 3.62. The Morgan fingerprint density at radius 1 is 1.20 bits per heavy atom. The predicted molar refractivity (Wildman–Crippen MR) is 94.9 cm³/mol. The molecule has 0 aliphatic carbocycles. The number of anilines is 1. The van der Waals surface area contributed by atoms with Crippen LogP contribution in [0.3, 0.4) is 0 Å². The Labute approximate surface area is 145 Å². The first-order chi connectivity index (χ1) is 12.1. The van der Waals surface area contributed by atoms with Gasteiger partial charge in [0, 0.05) is 24.8 Å². The van der Waals surface area contributed by atoms with Crippen molar-refractivity contribution in [2.75, 3.05) is 11.9 Å². The Balaban J connectivity index is 1.58. The summed E-state index contributed by atoms with van der Waals surface area (Å²) in [5, 5.41) is 19.7. The third kappa shape index (κ3) is 4.42. The number of aliphatic hydroxyl groups is 1. The van der Waals surface area contributed by atoms with Crippen molar-refractivity contribution in [3.05, 3.63) is 66.5 Å². The number of aromatic nitrogens is 3. The molecule has 128 valence electrons. The molecule has 1 aromatic heterocycles. The second-order valence-corrected chi connectivity index (χ2v) is 5.58. The van der Waals surface area contributed by atoms with E-state index in [1.165, 1.54) is 0 Å². The topological polar surface area (TPSA) is 92.1 Å². The second kappa shape index (κ2) is 7.59. The molecule has 3 aromatic rings. The van der Waals surface area contributed by atoms with Gasteiger partial charge in [0.1, 0.15) is 6.33 Å². The van der Waals surface area contributed by atoms with Crippen LogP contribution in [0.4, 0.5) is 10.5 Å². The van der Waals surface area contributed by atoms with Crippen LogP contribution in [-0.4, -0.2) is 32.4 Å². The van der Waals surface area contributed by atoms with Gasteiger partial charge in [0.2, 0.25) is 0 Å². The number of carbonyl (C=O) groups is 1. The number of aliphatic hydroxyl groups excluding tert-OH is 1. The summed E-state index contributed by atoms with van der Waals surface area (Å²) in [6.45, 7) is 0.122. The van der Waals surface area contributed by atoms with Crippen molar-refractivity contribution in [1.29, 1.82) is 0 Å². The van der Waals surface area contributed by atoms with Crippen LogP contribution in [-0.2, 0) is 7.05 Å². The Bertz CT molecular complexity index is 847. The van der Waals surface area contributed by atoms with Crippen molar-refractivity contribution >= 4 is 11.7 Å². The number of hydrogen-bond donors (Lipinski definition) is 3. The SMILES string of the molecule is Cn1cnc(-c2cccc(NC(=O)NC[C@@H](O)c3ccccc3)c2)n1. The Morgan fingerprint density at radius 3 is 2.72 bits per heavy atom. The summed E-state index contributed by atoms with van der Waals surface area (Å²) in [6.07, 6.45) is 0.864. The van der Waals surface area contributed by atoms with Crippen molar-refractivity contribution in [1.82, 2.24) is 20.1 Å². The van der Waals surface area contributed by atoms with Crippen LogP contribution in [0.25, 0.3) is 11.4 Å². The van der Waals surface area contributed by atoms with Crippen molar-refractivity contribution in [2.24, 2.45) is 7.05 Å². The molecule has 0 spiro atoms. The molecule has 2 amide bonds. The van der Waals surface area contributed by atoms with E-state index in [1.807, 2.05) is 42.5 Å². The van der Waals surface area contributed by atoms with Crippen molar-refractivity contribution in [3.63, 3.8) is 0 Å². The van der Waals surface area contributed by atoms with Gasteiger partial charge in [0.05, 0.1) is 6.10 Å². The van der Waals surface area contributed by atoms with Crippen LogP contribution < -0.4 is 10.6 Å². The van der Waals surface area contributed by atoms with Gasteiger partial charge in [-0.1, -0.05) is 42.5 Å². The molecule has 0 saturated carbocycles. The summed E-state index contributed by atoms with van der Waals surface area (Å²) in [5.74, 6) is 0.589. The number of nitrogens with zero attached hydrogens (tertiary/aromatic N) is 3. The third-order valence-electron chi connectivity index (χ3n) is 3.62. The molecule has 2 aromatic carbocycles. The molecular weight excluding hydrogens is 318 g/mol. The highest BCUT2D eigenvalue weighted by Crippen LogP contribution is 2.19. The number of amides is 2. The fourth-order valence-corrected chi connectivity index (χ4v) is 2.37. The molecule has 7 heteroatoms. The molecule has 0 unspecified atom stereocenters. The van der Waals surface area contributed by atoms with Crippen LogP contribution in [0, 0.1) is 0 Å². The maximum absolute atomic E-state index is 12.0. The van der Waals surface area contributed by atoms with Gasteiger partial charge in [-0.15, -0.1) is 0 Å². The zero-order chi connectivity index (χ0) is 17.6. The summed E-state index contributed by atoms with van der Waals surface area (Å²) in [4.78, 5) is 16.2. The molecule has 0 bridgehead atoms. The van der Waals surface area contributed by atoms with E-state index in [-0.39, 0.29) is 12.6 Å². The lowest BCUT2D eigenvalue weighted by Crippen LogP contribution is -2.32. The summed E-state index contributed by atoms with van der Waals surface area (Å²) in [6, 6.07) is 16.1. The highest BCUT2D eigenvalue weighted by Gasteiger charge is 2.10. The van der Waals surface area contributed by atoms with Crippen LogP contribution in [0.5, 0.6) is 0 Å². The number of nitrogens with one attached hydrogen (secondary N) is 2. The molecule has 0 aliphatic rings. The predicted octanol–water partition coefficient (Wildman–Crippen LogP) is 2.34. The largest absolute Gasteiger partial charge is 0.387 e. The first-order valence-electron chi connectivity index (χ1n) is 7.86. The number of aryl methyl sites for hydroxylation is 1. The summed E-state index contributed by atoms with van der Waals surface area (Å²) < 4.78 is 1.62.